The van der Waals surface area contributed by atoms with E-state index in [-0.39, 0.29) is 5.54 Å². The summed E-state index contributed by atoms with van der Waals surface area (Å²) in [5.74, 6) is 1.06. The molecular weight excluding hydrogens is 260 g/mol. The van der Waals surface area contributed by atoms with Gasteiger partial charge in [0.15, 0.2) is 5.82 Å². The number of anilines is 1. The molecule has 1 aromatic carbocycles. The molecule has 0 amide bonds. The molecule has 1 aliphatic rings. The number of nitrogens with one attached hydrogen (secondary N) is 1. The average molecular weight is 284 g/mol. The summed E-state index contributed by atoms with van der Waals surface area (Å²) in [6.45, 7) is 6.46. The fourth-order valence-electron chi connectivity index (χ4n) is 3.00. The van der Waals surface area contributed by atoms with Crippen LogP contribution in [0.5, 0.6) is 0 Å². The molecule has 112 valence electrons. The van der Waals surface area contributed by atoms with Gasteiger partial charge >= 0.3 is 0 Å². The van der Waals surface area contributed by atoms with Crippen molar-refractivity contribution in [3.63, 3.8) is 0 Å². The summed E-state index contributed by atoms with van der Waals surface area (Å²) in [6.07, 6.45) is 3.13. The van der Waals surface area contributed by atoms with Crippen LogP contribution in [0.15, 0.2) is 42.6 Å². The summed E-state index contributed by atoms with van der Waals surface area (Å²) in [5.41, 5.74) is 1.48. The van der Waals surface area contributed by atoms with Crippen LogP contribution in [-0.4, -0.2) is 28.4 Å². The van der Waals surface area contributed by atoms with Crippen LogP contribution in [0.25, 0.3) is 0 Å². The maximum atomic E-state index is 4.62. The van der Waals surface area contributed by atoms with Crippen LogP contribution in [0.1, 0.15) is 31.9 Å². The minimum absolute atomic E-state index is 0.142. The van der Waals surface area contributed by atoms with E-state index in [1.807, 2.05) is 17.9 Å². The van der Waals surface area contributed by atoms with Crippen molar-refractivity contribution in [1.29, 1.82) is 0 Å². The Morgan fingerprint density at radius 2 is 2.05 bits per heavy atom. The van der Waals surface area contributed by atoms with Crippen molar-refractivity contribution in [2.75, 3.05) is 18.0 Å². The van der Waals surface area contributed by atoms with Crippen LogP contribution >= 0.6 is 0 Å². The van der Waals surface area contributed by atoms with Gasteiger partial charge in [-0.05, 0) is 18.9 Å². The smallest absolute Gasteiger partial charge is 0.151 e. The number of hydrogen-bond donors (Lipinski definition) is 1. The van der Waals surface area contributed by atoms with E-state index in [0.717, 1.165) is 25.3 Å². The number of hydrogen-bond acceptors (Lipinski definition) is 3. The Balaban J connectivity index is 1.95. The molecule has 2 unspecified atom stereocenters. The third-order valence-electron chi connectivity index (χ3n) is 4.58. The minimum Gasteiger partial charge on any atom is -0.345 e. The predicted molar refractivity (Wildman–Crippen MR) is 86.4 cm³/mol. The van der Waals surface area contributed by atoms with E-state index in [1.54, 1.807) is 0 Å². The van der Waals surface area contributed by atoms with Gasteiger partial charge in [-0.15, -0.1) is 0 Å². The number of piperazine rings is 1. The van der Waals surface area contributed by atoms with Gasteiger partial charge in [0.2, 0.25) is 0 Å². The highest BCUT2D eigenvalue weighted by molar-refractivity contribution is 5.44. The summed E-state index contributed by atoms with van der Waals surface area (Å²) < 4.78 is 1.88. The lowest BCUT2D eigenvalue weighted by atomic mass is 9.91. The third-order valence-corrected chi connectivity index (χ3v) is 4.58. The molecule has 0 aliphatic carbocycles. The molecule has 1 aliphatic heterocycles. The zero-order valence-electron chi connectivity index (χ0n) is 13.1. The van der Waals surface area contributed by atoms with Gasteiger partial charge in [0.25, 0.3) is 0 Å². The van der Waals surface area contributed by atoms with E-state index in [2.05, 4.69) is 65.6 Å². The van der Waals surface area contributed by atoms with Crippen LogP contribution in [0.4, 0.5) is 5.82 Å². The molecule has 1 N–H and O–H groups in total. The molecule has 0 spiro atoms. The first kappa shape index (κ1) is 14.1. The zero-order valence-corrected chi connectivity index (χ0v) is 13.1. The summed E-state index contributed by atoms with van der Waals surface area (Å²) in [6, 6.07) is 13.1. The normalized spacial score (nSPS) is 26.0. The molecule has 1 saturated heterocycles. The molecule has 0 saturated carbocycles. The molecule has 2 atom stereocenters. The van der Waals surface area contributed by atoms with Gasteiger partial charge in [-0.2, -0.15) is 5.10 Å². The fourth-order valence-corrected chi connectivity index (χ4v) is 3.00. The number of benzene rings is 1. The van der Waals surface area contributed by atoms with E-state index in [9.17, 15) is 0 Å². The van der Waals surface area contributed by atoms with Crippen molar-refractivity contribution in [2.45, 2.75) is 31.8 Å². The number of nitrogens with zero attached hydrogens (tertiary/aromatic N) is 3. The van der Waals surface area contributed by atoms with Crippen LogP contribution in [-0.2, 0) is 7.05 Å². The molecule has 1 aromatic heterocycles. The quantitative estimate of drug-likeness (QED) is 0.941. The van der Waals surface area contributed by atoms with E-state index >= 15 is 0 Å². The highest BCUT2D eigenvalue weighted by atomic mass is 15.4. The van der Waals surface area contributed by atoms with Crippen molar-refractivity contribution >= 4 is 5.82 Å². The average Bonchev–Trinajstić information content (AvgIpc) is 2.95. The molecule has 1 fully saturated rings. The van der Waals surface area contributed by atoms with Crippen molar-refractivity contribution < 1.29 is 0 Å². The van der Waals surface area contributed by atoms with Crippen LogP contribution < -0.4 is 10.2 Å². The van der Waals surface area contributed by atoms with Crippen molar-refractivity contribution in [3.05, 3.63) is 48.2 Å². The van der Waals surface area contributed by atoms with E-state index in [4.69, 9.17) is 0 Å². The summed E-state index contributed by atoms with van der Waals surface area (Å²) in [7, 11) is 1.97. The van der Waals surface area contributed by atoms with Gasteiger partial charge in [-0.3, -0.25) is 4.68 Å². The van der Waals surface area contributed by atoms with Crippen LogP contribution in [0.3, 0.4) is 0 Å². The molecular formula is C17H24N4. The van der Waals surface area contributed by atoms with Gasteiger partial charge in [-0.1, -0.05) is 37.3 Å². The Morgan fingerprint density at radius 3 is 2.67 bits per heavy atom. The van der Waals surface area contributed by atoms with Gasteiger partial charge in [0, 0.05) is 37.9 Å². The SMILES string of the molecule is CCC1(C)CN(c2ccn(C)n2)C(c2ccccc2)CN1. The Morgan fingerprint density at radius 1 is 1.29 bits per heavy atom. The Bertz CT molecular complexity index is 592. The Labute approximate surface area is 126 Å². The van der Waals surface area contributed by atoms with Gasteiger partial charge in [0.05, 0.1) is 6.04 Å². The molecule has 4 nitrogen and oxygen atoms in total. The van der Waals surface area contributed by atoms with Crippen LogP contribution in [0.2, 0.25) is 0 Å². The standard InChI is InChI=1S/C17H24N4/c1-4-17(2)13-21(16-10-11-20(3)19-16)15(12-18-17)14-8-6-5-7-9-14/h5-11,15,18H,4,12-13H2,1-3H3. The lowest BCUT2D eigenvalue weighted by molar-refractivity contribution is 0.279. The van der Waals surface area contributed by atoms with Crippen LogP contribution in [0, 0.1) is 0 Å². The topological polar surface area (TPSA) is 33.1 Å². The van der Waals surface area contributed by atoms with Crippen molar-refractivity contribution in [2.24, 2.45) is 7.05 Å². The molecule has 2 heterocycles. The fraction of sp³-hybridized carbons (Fsp3) is 0.471. The molecule has 2 aromatic rings. The van der Waals surface area contributed by atoms with Gasteiger partial charge < -0.3 is 10.2 Å². The molecule has 0 radical (unpaired) electrons. The summed E-state index contributed by atoms with van der Waals surface area (Å²) in [5, 5.41) is 8.35. The second-order valence-corrected chi connectivity index (χ2v) is 6.20. The molecule has 3 rings (SSSR count). The largest absolute Gasteiger partial charge is 0.345 e. The second kappa shape index (κ2) is 5.53. The van der Waals surface area contributed by atoms with E-state index in [1.165, 1.54) is 5.56 Å². The third kappa shape index (κ3) is 2.81. The number of aromatic nitrogens is 2. The molecule has 0 bridgehead atoms. The highest BCUT2D eigenvalue weighted by Crippen LogP contribution is 2.32. The maximum absolute atomic E-state index is 4.62. The monoisotopic (exact) mass is 284 g/mol. The summed E-state index contributed by atoms with van der Waals surface area (Å²) in [4.78, 5) is 2.44. The first-order valence-corrected chi connectivity index (χ1v) is 7.67. The highest BCUT2D eigenvalue weighted by Gasteiger charge is 2.36. The Kier molecular flexibility index (Phi) is 3.72. The minimum atomic E-state index is 0.142. The predicted octanol–water partition coefficient (Wildman–Crippen LogP) is 2.74. The first-order valence-electron chi connectivity index (χ1n) is 7.67. The number of aryl methyl sites for hydroxylation is 1. The zero-order chi connectivity index (χ0) is 14.9. The number of rotatable bonds is 3. The van der Waals surface area contributed by atoms with E-state index in [0.29, 0.717) is 6.04 Å². The van der Waals surface area contributed by atoms with Gasteiger partial charge in [0.1, 0.15) is 0 Å². The summed E-state index contributed by atoms with van der Waals surface area (Å²) >= 11 is 0. The molecule has 4 heteroatoms. The Hall–Kier alpha value is -1.81. The first-order chi connectivity index (χ1) is 10.1. The second-order valence-electron chi connectivity index (χ2n) is 6.20. The van der Waals surface area contributed by atoms with Crippen molar-refractivity contribution in [1.82, 2.24) is 15.1 Å². The van der Waals surface area contributed by atoms with Gasteiger partial charge in [-0.25, -0.2) is 0 Å². The molecule has 21 heavy (non-hydrogen) atoms. The van der Waals surface area contributed by atoms with E-state index < -0.39 is 0 Å². The van der Waals surface area contributed by atoms with Crippen molar-refractivity contribution in [3.8, 4) is 0 Å². The lowest BCUT2D eigenvalue weighted by Crippen LogP contribution is -2.59. The maximum Gasteiger partial charge on any atom is 0.151 e. The lowest BCUT2D eigenvalue weighted by Gasteiger charge is -2.46.